The molecule has 0 radical (unpaired) electrons. The third-order valence-electron chi connectivity index (χ3n) is 3.77. The summed E-state index contributed by atoms with van der Waals surface area (Å²) in [6, 6.07) is 3.75. The quantitative estimate of drug-likeness (QED) is 0.921. The lowest BCUT2D eigenvalue weighted by Crippen LogP contribution is -2.25. The van der Waals surface area contributed by atoms with Crippen molar-refractivity contribution in [3.63, 3.8) is 0 Å². The molecule has 1 saturated heterocycles. The number of aryl methyl sites for hydroxylation is 1. The van der Waals surface area contributed by atoms with Crippen LogP contribution >= 0.6 is 0 Å². The Morgan fingerprint density at radius 1 is 1.29 bits per heavy atom. The maximum absolute atomic E-state index is 12.1. The van der Waals surface area contributed by atoms with Gasteiger partial charge in [0.05, 0.1) is 12.1 Å². The van der Waals surface area contributed by atoms with Gasteiger partial charge in [0.15, 0.2) is 0 Å². The summed E-state index contributed by atoms with van der Waals surface area (Å²) in [5, 5.41) is 2.86. The Bertz CT molecular complexity index is 613. The van der Waals surface area contributed by atoms with Crippen molar-refractivity contribution in [3.05, 3.63) is 42.1 Å². The van der Waals surface area contributed by atoms with E-state index in [9.17, 15) is 4.79 Å². The minimum absolute atomic E-state index is 0.126. The smallest absolute Gasteiger partial charge is 0.253 e. The fourth-order valence-electron chi connectivity index (χ4n) is 2.48. The van der Waals surface area contributed by atoms with Gasteiger partial charge in [-0.15, -0.1) is 0 Å². The maximum atomic E-state index is 12.1. The van der Waals surface area contributed by atoms with Crippen LogP contribution in [-0.2, 0) is 13.6 Å². The number of nitrogens with zero attached hydrogens (tertiary/aromatic N) is 4. The molecule has 21 heavy (non-hydrogen) atoms. The summed E-state index contributed by atoms with van der Waals surface area (Å²) in [6.45, 7) is 2.52. The Hall–Kier alpha value is -2.37. The lowest BCUT2D eigenvalue weighted by Gasteiger charge is -2.16. The molecule has 3 rings (SSSR count). The van der Waals surface area contributed by atoms with E-state index in [1.54, 1.807) is 12.4 Å². The van der Waals surface area contributed by atoms with Gasteiger partial charge >= 0.3 is 0 Å². The molecule has 1 aliphatic heterocycles. The van der Waals surface area contributed by atoms with Crippen LogP contribution in [0.25, 0.3) is 0 Å². The zero-order valence-electron chi connectivity index (χ0n) is 12.1. The van der Waals surface area contributed by atoms with E-state index in [0.29, 0.717) is 12.1 Å². The van der Waals surface area contributed by atoms with Crippen molar-refractivity contribution in [3.8, 4) is 0 Å². The zero-order valence-corrected chi connectivity index (χ0v) is 12.1. The number of hydrogen-bond acceptors (Lipinski definition) is 4. The van der Waals surface area contributed by atoms with E-state index in [1.165, 1.54) is 12.8 Å². The van der Waals surface area contributed by atoms with E-state index in [-0.39, 0.29) is 5.91 Å². The van der Waals surface area contributed by atoms with Crippen LogP contribution in [0.15, 0.2) is 30.7 Å². The first-order valence-corrected chi connectivity index (χ1v) is 7.19. The highest BCUT2D eigenvalue weighted by atomic mass is 16.1. The predicted octanol–water partition coefficient (Wildman–Crippen LogP) is 1.35. The van der Waals surface area contributed by atoms with Crippen LogP contribution in [0, 0.1) is 0 Å². The van der Waals surface area contributed by atoms with Gasteiger partial charge in [0, 0.05) is 38.7 Å². The fraction of sp³-hybridized carbons (Fsp3) is 0.400. The van der Waals surface area contributed by atoms with Crippen LogP contribution in [0.5, 0.6) is 0 Å². The first-order valence-electron chi connectivity index (χ1n) is 7.19. The summed E-state index contributed by atoms with van der Waals surface area (Å²) in [7, 11) is 1.90. The van der Waals surface area contributed by atoms with Gasteiger partial charge in [-0.2, -0.15) is 0 Å². The molecule has 6 heteroatoms. The van der Waals surface area contributed by atoms with Crippen molar-refractivity contribution in [2.24, 2.45) is 7.05 Å². The Morgan fingerprint density at radius 2 is 2.10 bits per heavy atom. The van der Waals surface area contributed by atoms with Gasteiger partial charge in [-0.3, -0.25) is 4.79 Å². The second-order valence-electron chi connectivity index (χ2n) is 5.24. The molecule has 2 aromatic rings. The van der Waals surface area contributed by atoms with Crippen molar-refractivity contribution < 1.29 is 4.79 Å². The monoisotopic (exact) mass is 285 g/mol. The highest BCUT2D eigenvalue weighted by Crippen LogP contribution is 2.17. The van der Waals surface area contributed by atoms with Gasteiger partial charge in [0.25, 0.3) is 5.91 Å². The molecule has 0 atom stereocenters. The fourth-order valence-corrected chi connectivity index (χ4v) is 2.48. The number of nitrogens with one attached hydrogen (secondary N) is 1. The average Bonchev–Trinajstić information content (AvgIpc) is 3.17. The highest BCUT2D eigenvalue weighted by molar-refractivity contribution is 5.93. The molecule has 0 aromatic carbocycles. The molecule has 0 aliphatic carbocycles. The van der Waals surface area contributed by atoms with Crippen molar-refractivity contribution >= 4 is 11.7 Å². The summed E-state index contributed by atoms with van der Waals surface area (Å²) >= 11 is 0. The van der Waals surface area contributed by atoms with Crippen LogP contribution in [0.4, 0.5) is 5.82 Å². The molecule has 0 unspecified atom stereocenters. The zero-order chi connectivity index (χ0) is 14.7. The molecule has 1 amide bonds. The van der Waals surface area contributed by atoms with Crippen LogP contribution in [0.2, 0.25) is 0 Å². The number of pyridine rings is 1. The van der Waals surface area contributed by atoms with Gasteiger partial charge in [-0.1, -0.05) is 0 Å². The first kappa shape index (κ1) is 13.6. The second kappa shape index (κ2) is 5.95. The van der Waals surface area contributed by atoms with E-state index < -0.39 is 0 Å². The lowest BCUT2D eigenvalue weighted by atomic mass is 10.2. The maximum Gasteiger partial charge on any atom is 0.253 e. The minimum Gasteiger partial charge on any atom is -0.357 e. The van der Waals surface area contributed by atoms with Crippen molar-refractivity contribution in [1.29, 1.82) is 0 Å². The second-order valence-corrected chi connectivity index (χ2v) is 5.24. The molecule has 0 saturated carbocycles. The van der Waals surface area contributed by atoms with E-state index in [2.05, 4.69) is 20.2 Å². The van der Waals surface area contributed by atoms with E-state index >= 15 is 0 Å². The molecule has 3 heterocycles. The molecule has 6 nitrogen and oxygen atoms in total. The molecule has 1 N–H and O–H groups in total. The third-order valence-corrected chi connectivity index (χ3v) is 3.77. The average molecular weight is 285 g/mol. The molecular formula is C15H19N5O. The summed E-state index contributed by atoms with van der Waals surface area (Å²) in [5.74, 6) is 1.65. The molecule has 0 bridgehead atoms. The molecule has 1 aliphatic rings. The van der Waals surface area contributed by atoms with Crippen LogP contribution in [0.1, 0.15) is 29.0 Å². The number of hydrogen-bond donors (Lipinski definition) is 1. The minimum atomic E-state index is -0.126. The SMILES string of the molecule is Cn1ccnc1CNC(=O)c1ccc(N2CCCC2)nc1. The number of aromatic nitrogens is 3. The van der Waals surface area contributed by atoms with Crippen LogP contribution < -0.4 is 10.2 Å². The molecule has 0 spiro atoms. The van der Waals surface area contributed by atoms with Crippen molar-refractivity contribution in [2.45, 2.75) is 19.4 Å². The predicted molar refractivity (Wildman–Crippen MR) is 80.1 cm³/mol. The molecular weight excluding hydrogens is 266 g/mol. The number of carbonyl (C=O) groups excluding carboxylic acids is 1. The molecule has 1 fully saturated rings. The normalized spacial score (nSPS) is 14.4. The number of carbonyl (C=O) groups is 1. The summed E-state index contributed by atoms with van der Waals surface area (Å²) in [6.07, 6.45) is 7.64. The van der Waals surface area contributed by atoms with E-state index in [1.807, 2.05) is 29.9 Å². The lowest BCUT2D eigenvalue weighted by molar-refractivity contribution is 0.0949. The number of rotatable bonds is 4. The van der Waals surface area contributed by atoms with Gasteiger partial charge in [0.1, 0.15) is 11.6 Å². The highest BCUT2D eigenvalue weighted by Gasteiger charge is 2.14. The Morgan fingerprint density at radius 3 is 2.71 bits per heavy atom. The van der Waals surface area contributed by atoms with Gasteiger partial charge in [-0.05, 0) is 25.0 Å². The largest absolute Gasteiger partial charge is 0.357 e. The van der Waals surface area contributed by atoms with Crippen molar-refractivity contribution in [1.82, 2.24) is 19.9 Å². The van der Waals surface area contributed by atoms with Gasteiger partial charge in [0.2, 0.25) is 0 Å². The number of anilines is 1. The Labute approximate surface area is 123 Å². The molecule has 2 aromatic heterocycles. The Balaban J connectivity index is 1.60. The van der Waals surface area contributed by atoms with Crippen molar-refractivity contribution in [2.75, 3.05) is 18.0 Å². The van der Waals surface area contributed by atoms with Gasteiger partial charge < -0.3 is 14.8 Å². The van der Waals surface area contributed by atoms with Crippen LogP contribution in [0.3, 0.4) is 0 Å². The molecule has 110 valence electrons. The summed E-state index contributed by atoms with van der Waals surface area (Å²) in [4.78, 5) is 22.9. The number of imidazole rings is 1. The number of amides is 1. The third kappa shape index (κ3) is 3.04. The topological polar surface area (TPSA) is 63.1 Å². The first-order chi connectivity index (χ1) is 10.2. The Kier molecular flexibility index (Phi) is 3.85. The summed E-state index contributed by atoms with van der Waals surface area (Å²) in [5.41, 5.74) is 0.576. The summed E-state index contributed by atoms with van der Waals surface area (Å²) < 4.78 is 1.88. The van der Waals surface area contributed by atoms with E-state index in [0.717, 1.165) is 24.7 Å². The standard InChI is InChI=1S/C15H19N5O/c1-19-9-6-16-14(19)11-18-15(21)12-4-5-13(17-10-12)20-7-2-3-8-20/h4-6,9-10H,2-3,7-8,11H2,1H3,(H,18,21). The van der Waals surface area contributed by atoms with Crippen LogP contribution in [-0.4, -0.2) is 33.5 Å². The van der Waals surface area contributed by atoms with Gasteiger partial charge in [-0.25, -0.2) is 9.97 Å². The van der Waals surface area contributed by atoms with E-state index in [4.69, 9.17) is 0 Å².